The number of hydrogen-bond acceptors (Lipinski definition) is 5. The van der Waals surface area contributed by atoms with E-state index in [4.69, 9.17) is 9.47 Å². The number of nitrogens with zero attached hydrogens (tertiary/aromatic N) is 2. The van der Waals surface area contributed by atoms with Gasteiger partial charge in [0.1, 0.15) is 5.75 Å². The van der Waals surface area contributed by atoms with Gasteiger partial charge in [0.25, 0.3) is 0 Å². The minimum atomic E-state index is -0.358. The Kier molecular flexibility index (Phi) is 6.88. The highest BCUT2D eigenvalue weighted by molar-refractivity contribution is 5.90. The van der Waals surface area contributed by atoms with Crippen molar-refractivity contribution in [1.29, 1.82) is 0 Å². The molecule has 6 heteroatoms. The third-order valence-corrected chi connectivity index (χ3v) is 5.37. The maximum Gasteiger partial charge on any atom is 0.337 e. The molecule has 0 aliphatic carbocycles. The highest BCUT2D eigenvalue weighted by Crippen LogP contribution is 2.31. The number of benzene rings is 2. The zero-order valence-electron chi connectivity index (χ0n) is 17.3. The van der Waals surface area contributed by atoms with Crippen molar-refractivity contribution < 1.29 is 19.1 Å². The van der Waals surface area contributed by atoms with Crippen LogP contribution in [0, 0.1) is 0 Å². The molecule has 2 aromatic rings. The second-order valence-electron chi connectivity index (χ2n) is 7.29. The van der Waals surface area contributed by atoms with Crippen LogP contribution in [0.2, 0.25) is 0 Å². The van der Waals surface area contributed by atoms with Crippen molar-refractivity contribution in [1.82, 2.24) is 9.80 Å². The van der Waals surface area contributed by atoms with E-state index in [1.807, 2.05) is 35.2 Å². The van der Waals surface area contributed by atoms with Crippen LogP contribution in [-0.4, -0.2) is 69.1 Å². The largest absolute Gasteiger partial charge is 0.496 e. The first-order valence-electron chi connectivity index (χ1n) is 9.84. The summed E-state index contributed by atoms with van der Waals surface area (Å²) in [4.78, 5) is 28.3. The first-order chi connectivity index (χ1) is 14.0. The van der Waals surface area contributed by atoms with Gasteiger partial charge in [-0.25, -0.2) is 4.79 Å². The molecule has 6 nitrogen and oxygen atoms in total. The standard InChI is InChI=1S/C23H28N2O4/c1-24-12-14-25(15-13-24)22(26)11-5-17-4-10-20(21(16-17)28-2)18-6-8-19(9-7-18)23(27)29-3/h4,6-10,16H,5,11-15H2,1-3H3. The Bertz CT molecular complexity index is 856. The fourth-order valence-corrected chi connectivity index (χ4v) is 3.50. The number of esters is 1. The molecule has 154 valence electrons. The molecule has 3 rings (SSSR count). The third-order valence-electron chi connectivity index (χ3n) is 5.37. The summed E-state index contributed by atoms with van der Waals surface area (Å²) in [6.07, 6.45) is 1.18. The van der Waals surface area contributed by atoms with Crippen LogP contribution in [0.1, 0.15) is 22.3 Å². The van der Waals surface area contributed by atoms with Crippen LogP contribution in [0.15, 0.2) is 42.5 Å². The maximum atomic E-state index is 12.5. The SMILES string of the molecule is COC(=O)c1ccc(-c2ccc(CCC(=O)N3CCN(C)CC3)cc2OC)cc1. The van der Waals surface area contributed by atoms with E-state index in [-0.39, 0.29) is 11.9 Å². The second-order valence-corrected chi connectivity index (χ2v) is 7.29. The Morgan fingerprint density at radius 2 is 1.66 bits per heavy atom. The van der Waals surface area contributed by atoms with E-state index in [0.717, 1.165) is 48.6 Å². The van der Waals surface area contributed by atoms with E-state index < -0.39 is 0 Å². The number of ether oxygens (including phenoxy) is 2. The van der Waals surface area contributed by atoms with Crippen LogP contribution in [0.3, 0.4) is 0 Å². The average molecular weight is 396 g/mol. The summed E-state index contributed by atoms with van der Waals surface area (Å²) in [5.41, 5.74) is 3.47. The summed E-state index contributed by atoms with van der Waals surface area (Å²) < 4.78 is 10.3. The minimum absolute atomic E-state index is 0.208. The number of likely N-dealkylation sites (N-methyl/N-ethyl adjacent to an activating group) is 1. The van der Waals surface area contributed by atoms with Crippen LogP contribution in [0.25, 0.3) is 11.1 Å². The fourth-order valence-electron chi connectivity index (χ4n) is 3.50. The molecular formula is C23H28N2O4. The van der Waals surface area contributed by atoms with E-state index in [1.165, 1.54) is 7.11 Å². The van der Waals surface area contributed by atoms with Gasteiger partial charge in [0.05, 0.1) is 19.8 Å². The monoisotopic (exact) mass is 396 g/mol. The summed E-state index contributed by atoms with van der Waals surface area (Å²) in [6, 6.07) is 13.2. The molecular weight excluding hydrogens is 368 g/mol. The molecule has 1 aliphatic heterocycles. The minimum Gasteiger partial charge on any atom is -0.496 e. The predicted molar refractivity (Wildman–Crippen MR) is 112 cm³/mol. The van der Waals surface area contributed by atoms with Gasteiger partial charge in [-0.1, -0.05) is 24.3 Å². The molecule has 0 aromatic heterocycles. The zero-order chi connectivity index (χ0) is 20.8. The number of methoxy groups -OCH3 is 2. The van der Waals surface area contributed by atoms with Crippen molar-refractivity contribution >= 4 is 11.9 Å². The maximum absolute atomic E-state index is 12.5. The highest BCUT2D eigenvalue weighted by Gasteiger charge is 2.19. The zero-order valence-corrected chi connectivity index (χ0v) is 17.3. The van der Waals surface area contributed by atoms with Crippen molar-refractivity contribution in [2.24, 2.45) is 0 Å². The molecule has 1 fully saturated rings. The van der Waals surface area contributed by atoms with Crippen LogP contribution in [0.4, 0.5) is 0 Å². The number of amides is 1. The quantitative estimate of drug-likeness (QED) is 0.703. The van der Waals surface area contributed by atoms with E-state index >= 15 is 0 Å². The third kappa shape index (κ3) is 5.15. The Hall–Kier alpha value is -2.86. The molecule has 2 aromatic carbocycles. The molecule has 1 aliphatic rings. The lowest BCUT2D eigenvalue weighted by Crippen LogP contribution is -2.47. The Balaban J connectivity index is 1.67. The number of carbonyl (C=O) groups is 2. The van der Waals surface area contributed by atoms with Crippen LogP contribution in [0.5, 0.6) is 5.75 Å². The van der Waals surface area contributed by atoms with E-state index in [9.17, 15) is 9.59 Å². The Morgan fingerprint density at radius 1 is 0.966 bits per heavy atom. The number of rotatable bonds is 6. The van der Waals surface area contributed by atoms with Gasteiger partial charge < -0.3 is 19.3 Å². The predicted octanol–water partition coefficient (Wildman–Crippen LogP) is 2.86. The molecule has 0 spiro atoms. The molecule has 29 heavy (non-hydrogen) atoms. The van der Waals surface area contributed by atoms with E-state index in [0.29, 0.717) is 18.4 Å². The summed E-state index contributed by atoms with van der Waals surface area (Å²) in [7, 11) is 5.09. The fraction of sp³-hybridized carbons (Fsp3) is 0.391. The van der Waals surface area contributed by atoms with Gasteiger partial charge in [0.2, 0.25) is 5.91 Å². The van der Waals surface area contributed by atoms with Gasteiger partial charge in [0.15, 0.2) is 0 Å². The lowest BCUT2D eigenvalue weighted by molar-refractivity contribution is -0.132. The van der Waals surface area contributed by atoms with Crippen molar-refractivity contribution in [3.63, 3.8) is 0 Å². The van der Waals surface area contributed by atoms with Crippen LogP contribution in [-0.2, 0) is 16.0 Å². The van der Waals surface area contributed by atoms with Crippen LogP contribution >= 0.6 is 0 Å². The summed E-state index contributed by atoms with van der Waals surface area (Å²) >= 11 is 0. The number of aryl methyl sites for hydroxylation is 1. The van der Waals surface area contributed by atoms with Crippen LogP contribution < -0.4 is 4.74 Å². The van der Waals surface area contributed by atoms with Crippen molar-refractivity contribution in [2.45, 2.75) is 12.8 Å². The first kappa shape index (κ1) is 20.9. The molecule has 0 unspecified atom stereocenters. The van der Waals surface area contributed by atoms with E-state index in [2.05, 4.69) is 11.9 Å². The second kappa shape index (κ2) is 9.56. The molecule has 1 amide bonds. The van der Waals surface area contributed by atoms with Crippen molar-refractivity contribution in [3.05, 3.63) is 53.6 Å². The number of carbonyl (C=O) groups excluding carboxylic acids is 2. The van der Waals surface area contributed by atoms with Gasteiger partial charge >= 0.3 is 5.97 Å². The first-order valence-corrected chi connectivity index (χ1v) is 9.84. The summed E-state index contributed by atoms with van der Waals surface area (Å²) in [5, 5.41) is 0. The van der Waals surface area contributed by atoms with Gasteiger partial charge in [0, 0.05) is 38.2 Å². The van der Waals surface area contributed by atoms with E-state index in [1.54, 1.807) is 19.2 Å². The normalized spacial score (nSPS) is 14.5. The molecule has 0 saturated carbocycles. The van der Waals surface area contributed by atoms with Gasteiger partial charge in [-0.15, -0.1) is 0 Å². The van der Waals surface area contributed by atoms with Crippen molar-refractivity contribution in [2.75, 3.05) is 47.4 Å². The molecule has 1 heterocycles. The van der Waals surface area contributed by atoms with Crippen molar-refractivity contribution in [3.8, 4) is 16.9 Å². The average Bonchev–Trinajstić information content (AvgIpc) is 2.77. The lowest BCUT2D eigenvalue weighted by Gasteiger charge is -2.32. The number of piperazine rings is 1. The topological polar surface area (TPSA) is 59.1 Å². The molecule has 1 saturated heterocycles. The van der Waals surface area contributed by atoms with Gasteiger partial charge in [-0.3, -0.25) is 4.79 Å². The Morgan fingerprint density at radius 3 is 2.28 bits per heavy atom. The molecule has 0 radical (unpaired) electrons. The lowest BCUT2D eigenvalue weighted by atomic mass is 9.99. The smallest absolute Gasteiger partial charge is 0.337 e. The van der Waals surface area contributed by atoms with Gasteiger partial charge in [-0.2, -0.15) is 0 Å². The molecule has 0 atom stereocenters. The molecule has 0 N–H and O–H groups in total. The summed E-state index contributed by atoms with van der Waals surface area (Å²) in [5.74, 6) is 0.601. The molecule has 0 bridgehead atoms. The number of hydrogen-bond donors (Lipinski definition) is 0. The highest BCUT2D eigenvalue weighted by atomic mass is 16.5. The summed E-state index contributed by atoms with van der Waals surface area (Å²) in [6.45, 7) is 3.48. The Labute approximate surface area is 172 Å². The van der Waals surface area contributed by atoms with Gasteiger partial charge in [-0.05, 0) is 42.8 Å².